The molecule has 1 aromatic heterocycles. The Hall–Kier alpha value is -1.94. The van der Waals surface area contributed by atoms with Gasteiger partial charge in [-0.1, -0.05) is 32.0 Å². The van der Waals surface area contributed by atoms with E-state index in [1.807, 2.05) is 19.2 Å². The second kappa shape index (κ2) is 12.3. The number of guanidine groups is 1. The second-order valence-electron chi connectivity index (χ2n) is 8.76. The monoisotopic (exact) mass is 554 g/mol. The third-order valence-corrected chi connectivity index (χ3v) is 5.70. The molecule has 0 spiro atoms. The molecule has 0 saturated carbocycles. The molecule has 32 heavy (non-hydrogen) atoms. The Labute approximate surface area is 208 Å². The van der Waals surface area contributed by atoms with Crippen LogP contribution in [0.3, 0.4) is 0 Å². The highest BCUT2D eigenvalue weighted by Crippen LogP contribution is 2.22. The molecule has 1 aromatic carbocycles. The minimum atomic E-state index is -0.232. The average Bonchev–Trinajstić information content (AvgIpc) is 2.77. The van der Waals surface area contributed by atoms with E-state index < -0.39 is 0 Å². The molecule has 1 fully saturated rings. The zero-order valence-corrected chi connectivity index (χ0v) is 21.9. The standard InChI is InChI=1S/C24H35FN6.HI/c1-5-26-23(29-18-24(2,3)20-7-6-8-21(25)15-20)28-17-19-9-10-22(27-16-19)31-13-11-30(4)12-14-31;/h6-10,15-16H,5,11-14,17-18H2,1-4H3,(H2,26,28,29);1H. The van der Waals surface area contributed by atoms with Crippen molar-refractivity contribution >= 4 is 35.8 Å². The van der Waals surface area contributed by atoms with Gasteiger partial charge in [0, 0.05) is 50.9 Å². The van der Waals surface area contributed by atoms with Gasteiger partial charge in [0.05, 0.1) is 6.54 Å². The lowest BCUT2D eigenvalue weighted by molar-refractivity contribution is 0.312. The van der Waals surface area contributed by atoms with Crippen LogP contribution in [0.1, 0.15) is 31.9 Å². The van der Waals surface area contributed by atoms with Crippen LogP contribution in [-0.4, -0.2) is 62.2 Å². The zero-order chi connectivity index (χ0) is 22.3. The number of piperazine rings is 1. The Bertz CT molecular complexity index is 863. The quantitative estimate of drug-likeness (QED) is 0.311. The van der Waals surface area contributed by atoms with Crippen molar-refractivity contribution in [2.24, 2.45) is 4.99 Å². The van der Waals surface area contributed by atoms with Gasteiger partial charge in [0.25, 0.3) is 0 Å². The van der Waals surface area contributed by atoms with Crippen molar-refractivity contribution in [3.05, 3.63) is 59.5 Å². The molecule has 6 nitrogen and oxygen atoms in total. The average molecular weight is 554 g/mol. The maximum atomic E-state index is 13.6. The van der Waals surface area contributed by atoms with Crippen LogP contribution in [-0.2, 0) is 12.0 Å². The molecule has 1 saturated heterocycles. The lowest BCUT2D eigenvalue weighted by atomic mass is 9.84. The van der Waals surface area contributed by atoms with Gasteiger partial charge in [0.15, 0.2) is 5.96 Å². The number of halogens is 2. The van der Waals surface area contributed by atoms with E-state index in [4.69, 9.17) is 4.99 Å². The Kier molecular flexibility index (Phi) is 10.1. The van der Waals surface area contributed by atoms with Crippen LogP contribution in [0.2, 0.25) is 0 Å². The first-order valence-corrected chi connectivity index (χ1v) is 11.0. The van der Waals surface area contributed by atoms with Gasteiger partial charge in [-0.2, -0.15) is 0 Å². The number of pyridine rings is 1. The number of hydrogen-bond donors (Lipinski definition) is 2. The van der Waals surface area contributed by atoms with Crippen molar-refractivity contribution in [3.63, 3.8) is 0 Å². The third-order valence-electron chi connectivity index (χ3n) is 5.70. The molecule has 8 heteroatoms. The van der Waals surface area contributed by atoms with Crippen LogP contribution in [0, 0.1) is 5.82 Å². The summed E-state index contributed by atoms with van der Waals surface area (Å²) in [4.78, 5) is 14.0. The molecule has 1 aliphatic heterocycles. The van der Waals surface area contributed by atoms with Crippen LogP contribution >= 0.6 is 24.0 Å². The topological polar surface area (TPSA) is 55.8 Å². The van der Waals surface area contributed by atoms with E-state index >= 15 is 0 Å². The summed E-state index contributed by atoms with van der Waals surface area (Å²) in [7, 11) is 2.15. The van der Waals surface area contributed by atoms with Gasteiger partial charge >= 0.3 is 0 Å². The number of likely N-dealkylation sites (N-methyl/N-ethyl adjacent to an activating group) is 1. The number of aliphatic imine (C=N–C) groups is 1. The number of aromatic nitrogens is 1. The molecular formula is C24H36FIN6. The third kappa shape index (κ3) is 7.58. The molecule has 2 aromatic rings. The van der Waals surface area contributed by atoms with Crippen molar-refractivity contribution in [1.82, 2.24) is 20.5 Å². The van der Waals surface area contributed by atoms with Crippen LogP contribution in [0.15, 0.2) is 47.6 Å². The molecule has 0 amide bonds. The lowest BCUT2D eigenvalue weighted by Crippen LogP contribution is -2.44. The van der Waals surface area contributed by atoms with Crippen molar-refractivity contribution in [3.8, 4) is 0 Å². The molecule has 0 aliphatic carbocycles. The molecule has 0 atom stereocenters. The summed E-state index contributed by atoms with van der Waals surface area (Å²) in [6.07, 6.45) is 1.91. The number of hydrogen-bond acceptors (Lipinski definition) is 4. The van der Waals surface area contributed by atoms with E-state index in [1.54, 1.807) is 12.1 Å². The number of nitrogens with zero attached hydrogens (tertiary/aromatic N) is 4. The molecule has 0 bridgehead atoms. The van der Waals surface area contributed by atoms with Crippen molar-refractivity contribution in [2.45, 2.75) is 32.7 Å². The maximum absolute atomic E-state index is 13.6. The van der Waals surface area contributed by atoms with Crippen LogP contribution in [0.25, 0.3) is 0 Å². The molecule has 0 radical (unpaired) electrons. The summed E-state index contributed by atoms with van der Waals surface area (Å²) in [6, 6.07) is 11.0. The predicted molar refractivity (Wildman–Crippen MR) is 142 cm³/mol. The van der Waals surface area contributed by atoms with Gasteiger partial charge in [0.1, 0.15) is 11.6 Å². The van der Waals surface area contributed by atoms with E-state index in [2.05, 4.69) is 58.4 Å². The first-order valence-electron chi connectivity index (χ1n) is 11.0. The molecule has 1 aliphatic rings. The van der Waals surface area contributed by atoms with Crippen LogP contribution in [0.5, 0.6) is 0 Å². The van der Waals surface area contributed by atoms with Gasteiger partial charge in [-0.3, -0.25) is 0 Å². The summed E-state index contributed by atoms with van der Waals surface area (Å²) in [5.41, 5.74) is 1.79. The number of nitrogens with one attached hydrogen (secondary N) is 2. The summed E-state index contributed by atoms with van der Waals surface area (Å²) in [5, 5.41) is 6.69. The first kappa shape index (κ1) is 26.3. The van der Waals surface area contributed by atoms with Crippen molar-refractivity contribution < 1.29 is 4.39 Å². The first-order chi connectivity index (χ1) is 14.9. The Morgan fingerprint density at radius 3 is 2.50 bits per heavy atom. The fraction of sp³-hybridized carbons (Fsp3) is 0.500. The highest BCUT2D eigenvalue weighted by molar-refractivity contribution is 14.0. The van der Waals surface area contributed by atoms with Crippen LogP contribution in [0.4, 0.5) is 10.2 Å². The second-order valence-corrected chi connectivity index (χ2v) is 8.76. The van der Waals surface area contributed by atoms with Crippen molar-refractivity contribution in [1.29, 1.82) is 0 Å². The molecule has 176 valence electrons. The molecule has 2 N–H and O–H groups in total. The van der Waals surface area contributed by atoms with E-state index in [-0.39, 0.29) is 35.2 Å². The SMILES string of the molecule is CCNC(=NCc1ccc(N2CCN(C)CC2)nc1)NCC(C)(C)c1cccc(F)c1.I. The van der Waals surface area contributed by atoms with Gasteiger partial charge < -0.3 is 20.4 Å². The highest BCUT2D eigenvalue weighted by Gasteiger charge is 2.21. The minimum absolute atomic E-state index is 0. The van der Waals surface area contributed by atoms with E-state index in [9.17, 15) is 4.39 Å². The fourth-order valence-corrected chi connectivity index (χ4v) is 3.56. The highest BCUT2D eigenvalue weighted by atomic mass is 127. The summed E-state index contributed by atoms with van der Waals surface area (Å²) in [5.74, 6) is 1.57. The lowest BCUT2D eigenvalue weighted by Gasteiger charge is -2.33. The largest absolute Gasteiger partial charge is 0.357 e. The van der Waals surface area contributed by atoms with Gasteiger partial charge in [-0.25, -0.2) is 14.4 Å². The Morgan fingerprint density at radius 2 is 1.88 bits per heavy atom. The maximum Gasteiger partial charge on any atom is 0.191 e. The smallest absolute Gasteiger partial charge is 0.191 e. The Morgan fingerprint density at radius 1 is 1.12 bits per heavy atom. The normalized spacial score (nSPS) is 15.3. The molecule has 0 unspecified atom stereocenters. The summed E-state index contributed by atoms with van der Waals surface area (Å²) < 4.78 is 13.6. The predicted octanol–water partition coefficient (Wildman–Crippen LogP) is 3.62. The summed E-state index contributed by atoms with van der Waals surface area (Å²) in [6.45, 7) is 12.4. The number of rotatable bonds is 7. The minimum Gasteiger partial charge on any atom is -0.357 e. The van der Waals surface area contributed by atoms with E-state index in [0.29, 0.717) is 13.1 Å². The Balaban J connectivity index is 0.00000363. The molecule has 2 heterocycles. The number of anilines is 1. The van der Waals surface area contributed by atoms with Gasteiger partial charge in [-0.15, -0.1) is 24.0 Å². The summed E-state index contributed by atoms with van der Waals surface area (Å²) >= 11 is 0. The zero-order valence-electron chi connectivity index (χ0n) is 19.6. The molecule has 3 rings (SSSR count). The van der Waals surface area contributed by atoms with E-state index in [0.717, 1.165) is 55.6 Å². The fourth-order valence-electron chi connectivity index (χ4n) is 3.56. The van der Waals surface area contributed by atoms with Gasteiger partial charge in [0.2, 0.25) is 0 Å². The molecular weight excluding hydrogens is 518 g/mol. The van der Waals surface area contributed by atoms with Crippen molar-refractivity contribution in [2.75, 3.05) is 51.2 Å². The van der Waals surface area contributed by atoms with Crippen LogP contribution < -0.4 is 15.5 Å². The van der Waals surface area contributed by atoms with Gasteiger partial charge in [-0.05, 0) is 43.3 Å². The number of benzene rings is 1. The van der Waals surface area contributed by atoms with E-state index in [1.165, 1.54) is 6.07 Å².